The normalized spacial score (nSPS) is 35.0. The molecule has 0 bridgehead atoms. The van der Waals surface area contributed by atoms with E-state index in [1.807, 2.05) is 6.92 Å². The summed E-state index contributed by atoms with van der Waals surface area (Å²) in [4.78, 5) is 2.28. The molecular weight excluding hydrogens is 206 g/mol. The molecule has 0 amide bonds. The predicted molar refractivity (Wildman–Crippen MR) is 63.3 cm³/mol. The number of likely N-dealkylation sites (N-methyl/N-ethyl adjacent to an activating group) is 1. The number of nitrogens with zero attached hydrogens (tertiary/aromatic N) is 1. The van der Waals surface area contributed by atoms with Gasteiger partial charge in [-0.2, -0.15) is 0 Å². The van der Waals surface area contributed by atoms with E-state index in [4.69, 9.17) is 9.47 Å². The maximum absolute atomic E-state index is 6.06. The van der Waals surface area contributed by atoms with Gasteiger partial charge >= 0.3 is 0 Å². The standard InChI is InChI=1S/C11H23NO2Si/c1-8(2)11(4)12(5)6-10(14-11)7-13-9(3)15/h8-10,15H,6-7H2,1-5H3. The minimum atomic E-state index is -0.141. The molecule has 1 saturated heterocycles. The first-order chi connectivity index (χ1) is 6.86. The molecule has 3 unspecified atom stereocenters. The smallest absolute Gasteiger partial charge is 0.121 e. The van der Waals surface area contributed by atoms with Gasteiger partial charge in [0.2, 0.25) is 0 Å². The Morgan fingerprint density at radius 1 is 1.53 bits per heavy atom. The van der Waals surface area contributed by atoms with Gasteiger partial charge in [-0.1, -0.05) is 13.8 Å². The first kappa shape index (κ1) is 13.2. The molecule has 1 rings (SSSR count). The van der Waals surface area contributed by atoms with Crippen LogP contribution in [0.5, 0.6) is 0 Å². The Kier molecular flexibility index (Phi) is 4.35. The molecule has 88 valence electrons. The summed E-state index contributed by atoms with van der Waals surface area (Å²) in [6.07, 6.45) is 0.199. The third-order valence-electron chi connectivity index (χ3n) is 3.26. The topological polar surface area (TPSA) is 21.7 Å². The van der Waals surface area contributed by atoms with Crippen molar-refractivity contribution in [1.82, 2.24) is 4.90 Å². The lowest BCUT2D eigenvalue weighted by Crippen LogP contribution is -2.44. The summed E-state index contributed by atoms with van der Waals surface area (Å²) < 4.78 is 11.6. The monoisotopic (exact) mass is 229 g/mol. The fourth-order valence-electron chi connectivity index (χ4n) is 1.87. The Bertz CT molecular complexity index is 211. The molecule has 4 heteroatoms. The molecule has 0 N–H and O–H groups in total. The van der Waals surface area contributed by atoms with E-state index in [1.165, 1.54) is 0 Å². The van der Waals surface area contributed by atoms with Gasteiger partial charge < -0.3 is 9.47 Å². The van der Waals surface area contributed by atoms with Crippen LogP contribution in [0.25, 0.3) is 0 Å². The lowest BCUT2D eigenvalue weighted by atomic mass is 10.0. The molecule has 0 aromatic heterocycles. The molecule has 3 atom stereocenters. The Morgan fingerprint density at radius 3 is 2.53 bits per heavy atom. The average Bonchev–Trinajstić information content (AvgIpc) is 2.41. The van der Waals surface area contributed by atoms with Crippen LogP contribution in [-0.4, -0.2) is 52.9 Å². The van der Waals surface area contributed by atoms with Crippen molar-refractivity contribution < 1.29 is 9.47 Å². The zero-order valence-electron chi connectivity index (χ0n) is 10.5. The Labute approximate surface area is 96.5 Å². The highest BCUT2D eigenvalue weighted by Crippen LogP contribution is 2.32. The number of ether oxygens (including phenoxy) is 2. The lowest BCUT2D eigenvalue weighted by Gasteiger charge is -2.34. The van der Waals surface area contributed by atoms with Crippen LogP contribution in [0.2, 0.25) is 0 Å². The fraction of sp³-hybridized carbons (Fsp3) is 1.00. The molecule has 15 heavy (non-hydrogen) atoms. The van der Waals surface area contributed by atoms with Gasteiger partial charge in [0.1, 0.15) is 5.72 Å². The van der Waals surface area contributed by atoms with Crippen LogP contribution in [0.1, 0.15) is 27.7 Å². The predicted octanol–water partition coefficient (Wildman–Crippen LogP) is 0.953. The van der Waals surface area contributed by atoms with Crippen molar-refractivity contribution in [2.75, 3.05) is 20.2 Å². The second-order valence-corrected chi connectivity index (χ2v) is 5.81. The van der Waals surface area contributed by atoms with Gasteiger partial charge in [-0.3, -0.25) is 4.90 Å². The summed E-state index contributed by atoms with van der Waals surface area (Å²) in [5.41, 5.74) is 0.0582. The van der Waals surface area contributed by atoms with E-state index in [-0.39, 0.29) is 17.6 Å². The van der Waals surface area contributed by atoms with Crippen LogP contribution in [0.15, 0.2) is 0 Å². The lowest BCUT2D eigenvalue weighted by molar-refractivity contribution is -0.127. The average molecular weight is 229 g/mol. The first-order valence-corrected chi connectivity index (χ1v) is 6.29. The minimum absolute atomic E-state index is 0.141. The molecule has 0 aromatic carbocycles. The molecular formula is C11H23NO2Si. The molecule has 0 aliphatic carbocycles. The highest BCUT2D eigenvalue weighted by atomic mass is 28.1. The molecule has 0 saturated carbocycles. The van der Waals surface area contributed by atoms with Crippen molar-refractivity contribution >= 4 is 10.2 Å². The third-order valence-corrected chi connectivity index (χ3v) is 3.45. The zero-order valence-corrected chi connectivity index (χ0v) is 11.6. The van der Waals surface area contributed by atoms with Gasteiger partial charge in [-0.05, 0) is 26.8 Å². The van der Waals surface area contributed by atoms with Gasteiger partial charge in [0.25, 0.3) is 0 Å². The molecule has 1 aliphatic rings. The molecule has 3 nitrogen and oxygen atoms in total. The van der Waals surface area contributed by atoms with Crippen molar-refractivity contribution in [1.29, 1.82) is 0 Å². The summed E-state index contributed by atoms with van der Waals surface area (Å²) >= 11 is 0. The van der Waals surface area contributed by atoms with Gasteiger partial charge in [-0.25, -0.2) is 0 Å². The van der Waals surface area contributed by atoms with Crippen LogP contribution in [0, 0.1) is 5.92 Å². The van der Waals surface area contributed by atoms with E-state index in [0.717, 1.165) is 6.54 Å². The van der Waals surface area contributed by atoms with Crippen LogP contribution < -0.4 is 0 Å². The molecule has 1 fully saturated rings. The SMILES string of the molecule is CC([SiH])OCC1CN(C)C(C)(C(C)C)O1. The van der Waals surface area contributed by atoms with Crippen LogP contribution in [-0.2, 0) is 9.47 Å². The van der Waals surface area contributed by atoms with Crippen molar-refractivity contribution in [3.63, 3.8) is 0 Å². The summed E-state index contributed by atoms with van der Waals surface area (Å²) in [6.45, 7) is 10.2. The van der Waals surface area contributed by atoms with E-state index in [0.29, 0.717) is 12.5 Å². The fourth-order valence-corrected chi connectivity index (χ4v) is 1.99. The third kappa shape index (κ3) is 3.03. The summed E-state index contributed by atoms with van der Waals surface area (Å²) in [5, 5.41) is 0. The number of hydrogen-bond acceptors (Lipinski definition) is 3. The first-order valence-electron chi connectivity index (χ1n) is 5.62. The highest BCUT2D eigenvalue weighted by molar-refractivity contribution is 6.10. The van der Waals surface area contributed by atoms with Crippen molar-refractivity contribution in [2.45, 2.75) is 45.3 Å². The Morgan fingerprint density at radius 2 is 2.13 bits per heavy atom. The Balaban J connectivity index is 2.48. The maximum atomic E-state index is 6.06. The zero-order chi connectivity index (χ0) is 11.6. The van der Waals surface area contributed by atoms with Gasteiger partial charge in [0.15, 0.2) is 0 Å². The van der Waals surface area contributed by atoms with Crippen molar-refractivity contribution in [3.8, 4) is 0 Å². The van der Waals surface area contributed by atoms with Crippen LogP contribution in [0.3, 0.4) is 0 Å². The van der Waals surface area contributed by atoms with E-state index >= 15 is 0 Å². The number of hydrogen-bond donors (Lipinski definition) is 0. The van der Waals surface area contributed by atoms with Crippen molar-refractivity contribution in [3.05, 3.63) is 0 Å². The second-order valence-electron chi connectivity index (χ2n) is 4.87. The second kappa shape index (κ2) is 4.95. The van der Waals surface area contributed by atoms with Gasteiger partial charge in [0, 0.05) is 12.3 Å². The molecule has 1 aliphatic heterocycles. The Hall–Kier alpha value is 0.0969. The maximum Gasteiger partial charge on any atom is 0.121 e. The van der Waals surface area contributed by atoms with Crippen molar-refractivity contribution in [2.24, 2.45) is 5.92 Å². The summed E-state index contributed by atoms with van der Waals surface area (Å²) in [5.74, 6) is 0.487. The largest absolute Gasteiger partial charge is 0.380 e. The highest BCUT2D eigenvalue weighted by Gasteiger charge is 2.43. The quantitative estimate of drug-likeness (QED) is 0.670. The molecule has 1 heterocycles. The van der Waals surface area contributed by atoms with E-state index in [9.17, 15) is 0 Å². The van der Waals surface area contributed by atoms with Crippen LogP contribution in [0.4, 0.5) is 0 Å². The van der Waals surface area contributed by atoms with E-state index in [2.05, 4.69) is 43.0 Å². The van der Waals surface area contributed by atoms with E-state index < -0.39 is 0 Å². The molecule has 0 aromatic rings. The molecule has 0 spiro atoms. The number of rotatable bonds is 4. The summed E-state index contributed by atoms with van der Waals surface area (Å²) in [6, 6.07) is 0. The van der Waals surface area contributed by atoms with E-state index in [1.54, 1.807) is 0 Å². The van der Waals surface area contributed by atoms with Crippen LogP contribution >= 0.6 is 0 Å². The summed E-state index contributed by atoms with van der Waals surface area (Å²) in [7, 11) is 4.75. The van der Waals surface area contributed by atoms with Gasteiger partial charge in [-0.15, -0.1) is 0 Å². The molecule has 2 radical (unpaired) electrons. The minimum Gasteiger partial charge on any atom is -0.380 e. The van der Waals surface area contributed by atoms with Gasteiger partial charge in [0.05, 0.1) is 23.0 Å².